The molecule has 0 aliphatic rings. The second kappa shape index (κ2) is 31.9. The van der Waals surface area contributed by atoms with E-state index in [1.807, 2.05) is 0 Å². The molecule has 6 heteroatoms. The number of rotatable bonds is 0. The zero-order valence-electron chi connectivity index (χ0n) is 2.89. The van der Waals surface area contributed by atoms with Gasteiger partial charge in [0, 0.05) is 0 Å². The van der Waals surface area contributed by atoms with Gasteiger partial charge in [-0.05, 0) is 0 Å². The Morgan fingerprint density at radius 1 is 1.00 bits per heavy atom. The Labute approximate surface area is 59.6 Å². The van der Waals surface area contributed by atoms with Crippen LogP contribution in [0, 0.1) is 0 Å². The summed E-state index contributed by atoms with van der Waals surface area (Å²) in [5.41, 5.74) is 0. The van der Waals surface area contributed by atoms with Gasteiger partial charge in [0.25, 0.3) is 0 Å². The van der Waals surface area contributed by atoms with Crippen molar-refractivity contribution in [2.75, 3.05) is 0 Å². The fourth-order valence-electron chi connectivity index (χ4n) is 0. The normalized spacial score (nSPS) is 3.67. The quantitative estimate of drug-likeness (QED) is 0.644. The van der Waals surface area contributed by atoms with Crippen LogP contribution < -0.4 is 12.3 Å². The van der Waals surface area contributed by atoms with E-state index < -0.39 is 0 Å². The van der Waals surface area contributed by atoms with Gasteiger partial charge in [-0.2, -0.15) is 0 Å². The molecule has 2 nitrogen and oxygen atoms in total. The molecule has 0 aromatic heterocycles. The monoisotopic (exact) mass is 246 g/mol. The van der Waals surface area contributed by atoms with Crippen LogP contribution in [-0.4, -0.2) is 0 Å². The van der Waals surface area contributed by atoms with E-state index in [1.165, 1.54) is 0 Å². The van der Waals surface area contributed by atoms with Crippen LogP contribution in [0.2, 0.25) is 0 Å². The van der Waals surface area contributed by atoms with E-state index in [0.717, 1.165) is 0 Å². The summed E-state index contributed by atoms with van der Waals surface area (Å²) in [5.74, 6) is 0. The Hall–Kier alpha value is 1.45. The first-order valence-electron chi connectivity index (χ1n) is 0.239. The molecule has 6 N–H and O–H groups in total. The summed E-state index contributed by atoms with van der Waals surface area (Å²) >= 11 is -0.106. The van der Waals surface area contributed by atoms with Gasteiger partial charge in [0.15, 0.2) is 0 Å². The number of hydrogen-bond acceptors (Lipinski definition) is 2. The van der Waals surface area contributed by atoms with Crippen LogP contribution in [0.4, 0.5) is 0 Å². The van der Waals surface area contributed by atoms with Crippen molar-refractivity contribution in [1.29, 1.82) is 0 Å². The molecular weight excluding hydrogens is 241 g/mol. The van der Waals surface area contributed by atoms with Crippen molar-refractivity contribution in [2.45, 2.75) is 0 Å². The van der Waals surface area contributed by atoms with Gasteiger partial charge >= 0.3 is 35.0 Å². The molecule has 0 amide bonds. The third-order valence-electron chi connectivity index (χ3n) is 0. The van der Waals surface area contributed by atoms with Crippen LogP contribution in [0.25, 0.3) is 0 Å². The molecule has 0 rings (SSSR count). The van der Waals surface area contributed by atoms with Crippen LogP contribution in [0.1, 0.15) is 0 Å². The summed E-state index contributed by atoms with van der Waals surface area (Å²) in [6.07, 6.45) is 0. The Bertz CT molecular complexity index is 8.75. The fraction of sp³-hybridized carbons (Fsp3) is 0. The fourth-order valence-corrected chi connectivity index (χ4v) is 0. The van der Waals surface area contributed by atoms with Crippen molar-refractivity contribution in [3.8, 4) is 0 Å². The Morgan fingerprint density at radius 2 is 1.00 bits per heavy atom. The maximum absolute atomic E-state index is 4.81. The SMILES string of the molecule is Cl.N.N.[Cl][Pd][Cl]. The summed E-state index contributed by atoms with van der Waals surface area (Å²) in [6, 6.07) is 0. The van der Waals surface area contributed by atoms with E-state index in [9.17, 15) is 0 Å². The van der Waals surface area contributed by atoms with Gasteiger partial charge < -0.3 is 12.3 Å². The first-order valence-corrected chi connectivity index (χ1v) is 4.24. The molecule has 6 heavy (non-hydrogen) atoms. The van der Waals surface area contributed by atoms with E-state index in [0.29, 0.717) is 0 Å². The first kappa shape index (κ1) is 26.0. The van der Waals surface area contributed by atoms with E-state index in [4.69, 9.17) is 19.1 Å². The molecule has 0 bridgehead atoms. The van der Waals surface area contributed by atoms with Gasteiger partial charge in [0.05, 0.1) is 0 Å². The predicted molar refractivity (Wildman–Crippen MR) is 29.0 cm³/mol. The van der Waals surface area contributed by atoms with Crippen LogP contribution in [0.15, 0.2) is 0 Å². The summed E-state index contributed by atoms with van der Waals surface area (Å²) < 4.78 is 0. The molecule has 0 aliphatic heterocycles. The average Bonchev–Trinajstić information content (AvgIpc) is 0.918. The molecule has 0 saturated carbocycles. The minimum atomic E-state index is -0.106. The average molecular weight is 248 g/mol. The molecule has 0 heterocycles. The third-order valence-corrected chi connectivity index (χ3v) is 0. The van der Waals surface area contributed by atoms with Gasteiger partial charge in [0.2, 0.25) is 0 Å². The molecule has 0 atom stereocenters. The van der Waals surface area contributed by atoms with Crippen LogP contribution in [0.3, 0.4) is 0 Å². The van der Waals surface area contributed by atoms with Gasteiger partial charge in [-0.3, -0.25) is 0 Å². The summed E-state index contributed by atoms with van der Waals surface area (Å²) in [4.78, 5) is 0. The summed E-state index contributed by atoms with van der Waals surface area (Å²) in [7, 11) is 9.63. The zero-order chi connectivity index (χ0) is 2.71. The van der Waals surface area contributed by atoms with Crippen LogP contribution >= 0.6 is 31.5 Å². The second-order valence-corrected chi connectivity index (χ2v) is 2.41. The van der Waals surface area contributed by atoms with Gasteiger partial charge in [-0.15, -0.1) is 12.4 Å². The summed E-state index contributed by atoms with van der Waals surface area (Å²) in [5, 5.41) is 0. The van der Waals surface area contributed by atoms with Crippen molar-refractivity contribution in [3.05, 3.63) is 0 Å². The molecule has 0 unspecified atom stereocenters. The molecule has 0 aliphatic carbocycles. The molecule has 0 saturated heterocycles. The van der Waals surface area contributed by atoms with Crippen molar-refractivity contribution in [3.63, 3.8) is 0 Å². The second-order valence-electron chi connectivity index (χ2n) is 0.0452. The standard InChI is InChI=1S/3ClH.2H3N.Pd/h3*1H;2*1H3;/q;;;;;+2/p-2. The topological polar surface area (TPSA) is 70.0 Å². The number of halogens is 3. The molecule has 0 aromatic carbocycles. The molecular formula is H7Cl3N2Pd. The van der Waals surface area contributed by atoms with Crippen LogP contribution in [-0.2, 0) is 15.9 Å². The molecule has 0 radical (unpaired) electrons. The van der Waals surface area contributed by atoms with Crippen molar-refractivity contribution in [2.24, 2.45) is 0 Å². The Morgan fingerprint density at radius 3 is 1.00 bits per heavy atom. The van der Waals surface area contributed by atoms with E-state index in [1.54, 1.807) is 0 Å². The molecule has 0 fully saturated rings. The zero-order valence-corrected chi connectivity index (χ0v) is 6.78. The molecule has 0 aromatic rings. The molecule has 0 spiro atoms. The predicted octanol–water partition coefficient (Wildman–Crippen LogP) is 2.12. The van der Waals surface area contributed by atoms with Gasteiger partial charge in [-0.1, -0.05) is 0 Å². The maximum atomic E-state index is 4.81. The molecule has 48 valence electrons. The van der Waals surface area contributed by atoms with Crippen LogP contribution in [0.5, 0.6) is 0 Å². The number of hydrogen-bond donors (Lipinski definition) is 2. The Kier molecular flexibility index (Phi) is 138. The first-order chi connectivity index (χ1) is 1.41. The van der Waals surface area contributed by atoms with Gasteiger partial charge in [0.1, 0.15) is 0 Å². The van der Waals surface area contributed by atoms with Gasteiger partial charge in [-0.25, -0.2) is 0 Å². The van der Waals surface area contributed by atoms with E-state index in [2.05, 4.69) is 0 Å². The van der Waals surface area contributed by atoms with Crippen molar-refractivity contribution >= 4 is 31.5 Å². The van der Waals surface area contributed by atoms with Crippen molar-refractivity contribution in [1.82, 2.24) is 12.3 Å². The summed E-state index contributed by atoms with van der Waals surface area (Å²) in [6.45, 7) is 0. The Balaban J connectivity index is -0.00000000667. The minimum absolute atomic E-state index is 0. The third kappa shape index (κ3) is 51.2. The van der Waals surface area contributed by atoms with Crippen molar-refractivity contribution < 1.29 is 15.9 Å². The van der Waals surface area contributed by atoms with E-state index in [-0.39, 0.29) is 40.6 Å². The van der Waals surface area contributed by atoms with E-state index >= 15 is 0 Å².